The van der Waals surface area contributed by atoms with E-state index in [0.717, 1.165) is 25.7 Å². The summed E-state index contributed by atoms with van der Waals surface area (Å²) >= 11 is 0. The highest BCUT2D eigenvalue weighted by molar-refractivity contribution is 5.71. The van der Waals surface area contributed by atoms with Gasteiger partial charge in [0.15, 0.2) is 19.5 Å². The molecule has 1 atom stereocenters. The van der Waals surface area contributed by atoms with Crippen LogP contribution in [-0.4, -0.2) is 65.0 Å². The van der Waals surface area contributed by atoms with Crippen molar-refractivity contribution in [2.24, 2.45) is 0 Å². The molecule has 0 bridgehead atoms. The van der Waals surface area contributed by atoms with Gasteiger partial charge in [0.2, 0.25) is 0 Å². The number of carboxylic acids is 1. The molecule has 0 amide bonds. The van der Waals surface area contributed by atoms with E-state index in [0.29, 0.717) is 13.2 Å². The number of rotatable bonds is 13. The first-order chi connectivity index (χ1) is 10.0. The number of carbonyl (C=O) groups is 1. The largest absolute Gasteiger partial charge is 0.477 e. The lowest BCUT2D eigenvalue weighted by Gasteiger charge is -2.37. The first-order valence-electron chi connectivity index (χ1n) is 7.53. The van der Waals surface area contributed by atoms with Gasteiger partial charge in [0.05, 0.1) is 6.61 Å². The van der Waals surface area contributed by atoms with E-state index < -0.39 is 25.5 Å². The summed E-state index contributed by atoms with van der Waals surface area (Å²) in [7, 11) is 0. The van der Waals surface area contributed by atoms with Gasteiger partial charge in [-0.05, 0) is 33.1 Å². The van der Waals surface area contributed by atoms with Crippen LogP contribution >= 0.6 is 0 Å². The zero-order valence-corrected chi connectivity index (χ0v) is 13.2. The van der Waals surface area contributed by atoms with Crippen LogP contribution in [0.4, 0.5) is 0 Å². The number of hydrogen-bond acceptors (Lipinski definition) is 4. The van der Waals surface area contributed by atoms with Crippen molar-refractivity contribution < 1.29 is 29.3 Å². The van der Waals surface area contributed by atoms with E-state index in [9.17, 15) is 15.0 Å². The lowest BCUT2D eigenvalue weighted by Crippen LogP contribution is -2.59. The molecule has 0 aromatic carbocycles. The number of aliphatic carboxylic acids is 1. The molecule has 0 rings (SSSR count). The predicted molar refractivity (Wildman–Crippen MR) is 80.5 cm³/mol. The minimum Gasteiger partial charge on any atom is -0.477 e. The fourth-order valence-corrected chi connectivity index (χ4v) is 2.02. The minimum absolute atomic E-state index is 0.277. The molecule has 0 aliphatic rings. The topological polar surface area (TPSA) is 87.0 Å². The Labute approximate surface area is 127 Å². The number of allylic oxidation sites excluding steroid dienone is 2. The maximum absolute atomic E-state index is 11.0. The Morgan fingerprint density at radius 3 is 2.38 bits per heavy atom. The summed E-state index contributed by atoms with van der Waals surface area (Å²) < 4.78 is 5.19. The molecule has 1 unspecified atom stereocenters. The summed E-state index contributed by atoms with van der Waals surface area (Å²) in [6, 6.07) is -0.871. The third-order valence-corrected chi connectivity index (χ3v) is 3.82. The van der Waals surface area contributed by atoms with E-state index in [1.165, 1.54) is 6.92 Å². The minimum atomic E-state index is -1.04. The second kappa shape index (κ2) is 11.7. The molecule has 0 spiro atoms. The van der Waals surface area contributed by atoms with Crippen molar-refractivity contribution in [1.82, 2.24) is 0 Å². The van der Waals surface area contributed by atoms with Crippen LogP contribution in [-0.2, 0) is 9.53 Å². The third-order valence-electron chi connectivity index (χ3n) is 3.82. The molecule has 0 heterocycles. The Bertz CT molecular complexity index is 302. The van der Waals surface area contributed by atoms with Crippen LogP contribution in [0.3, 0.4) is 0 Å². The molecule has 0 aliphatic heterocycles. The van der Waals surface area contributed by atoms with Crippen LogP contribution in [0.1, 0.15) is 39.5 Å². The predicted octanol–water partition coefficient (Wildman–Crippen LogP) is 1.33. The van der Waals surface area contributed by atoms with Gasteiger partial charge >= 0.3 is 5.97 Å². The Hall–Kier alpha value is -0.950. The maximum Gasteiger partial charge on any atom is 0.362 e. The smallest absolute Gasteiger partial charge is 0.362 e. The molecule has 3 N–H and O–H groups in total. The molecule has 0 fully saturated rings. The van der Waals surface area contributed by atoms with Crippen LogP contribution < -0.4 is 0 Å². The van der Waals surface area contributed by atoms with Crippen molar-refractivity contribution in [3.63, 3.8) is 0 Å². The Morgan fingerprint density at radius 2 is 1.86 bits per heavy atom. The van der Waals surface area contributed by atoms with Crippen molar-refractivity contribution in [2.75, 3.05) is 33.2 Å². The maximum atomic E-state index is 11.0. The van der Waals surface area contributed by atoms with Crippen molar-refractivity contribution in [1.29, 1.82) is 0 Å². The lowest BCUT2D eigenvalue weighted by atomic mass is 10.2. The number of nitrogens with zero attached hydrogens (tertiary/aromatic N) is 1. The molecule has 21 heavy (non-hydrogen) atoms. The second-order valence-corrected chi connectivity index (χ2v) is 5.27. The van der Waals surface area contributed by atoms with E-state index in [1.807, 2.05) is 13.0 Å². The van der Waals surface area contributed by atoms with E-state index in [-0.39, 0.29) is 11.0 Å². The van der Waals surface area contributed by atoms with Gasteiger partial charge in [0.1, 0.15) is 6.54 Å². The molecule has 0 saturated heterocycles. The van der Waals surface area contributed by atoms with Crippen molar-refractivity contribution in [3.8, 4) is 0 Å². The zero-order valence-electron chi connectivity index (χ0n) is 13.2. The second-order valence-electron chi connectivity index (χ2n) is 5.27. The average Bonchev–Trinajstić information content (AvgIpc) is 2.49. The number of carboxylic acid groups (broad SMARTS) is 1. The fraction of sp³-hybridized carbons (Fsp3) is 0.800. The molecule has 6 nitrogen and oxygen atoms in total. The fourth-order valence-electron chi connectivity index (χ4n) is 2.02. The van der Waals surface area contributed by atoms with E-state index in [1.54, 1.807) is 0 Å². The number of quaternary nitrogens is 1. The van der Waals surface area contributed by atoms with Gasteiger partial charge in [0.25, 0.3) is 0 Å². The number of aliphatic hydroxyl groups is 2. The van der Waals surface area contributed by atoms with Crippen molar-refractivity contribution in [2.45, 2.75) is 45.6 Å². The van der Waals surface area contributed by atoms with E-state index >= 15 is 0 Å². The third kappa shape index (κ3) is 7.57. The SMILES string of the molecule is C/C=C/CCCCCOCC[N+](CO)(CO)C(C)C(=O)O. The van der Waals surface area contributed by atoms with Gasteiger partial charge in [0, 0.05) is 6.61 Å². The summed E-state index contributed by atoms with van der Waals surface area (Å²) in [4.78, 5) is 11.0. The standard InChI is InChI=1S/C15H29NO5/c1-3-4-5-6-7-8-10-21-11-9-16(12-17,13-18)14(2)15(19)20/h3-4,14,17-18H,5-13H2,1-2H3/p+1/b4-3+. The zero-order chi connectivity index (χ0) is 16.1. The summed E-state index contributed by atoms with van der Waals surface area (Å²) in [6.07, 6.45) is 8.46. The van der Waals surface area contributed by atoms with Gasteiger partial charge in [-0.25, -0.2) is 4.79 Å². The highest BCUT2D eigenvalue weighted by Crippen LogP contribution is 2.12. The van der Waals surface area contributed by atoms with Gasteiger partial charge in [-0.2, -0.15) is 0 Å². The molecule has 0 aromatic heterocycles. The van der Waals surface area contributed by atoms with Gasteiger partial charge in [-0.1, -0.05) is 18.6 Å². The Kier molecular flexibility index (Phi) is 11.2. The van der Waals surface area contributed by atoms with Crippen molar-refractivity contribution in [3.05, 3.63) is 12.2 Å². The summed E-state index contributed by atoms with van der Waals surface area (Å²) in [5.74, 6) is -1.04. The molecular formula is C15H30NO5+. The highest BCUT2D eigenvalue weighted by atomic mass is 16.5. The van der Waals surface area contributed by atoms with Gasteiger partial charge in [-0.15, -0.1) is 0 Å². The number of hydrogen-bond donors (Lipinski definition) is 3. The molecule has 0 radical (unpaired) electrons. The Balaban J connectivity index is 3.92. The normalized spacial score (nSPS) is 13.7. The first-order valence-corrected chi connectivity index (χ1v) is 7.53. The molecule has 124 valence electrons. The molecule has 0 aliphatic carbocycles. The number of ether oxygens (including phenoxy) is 1. The molecule has 0 saturated carbocycles. The van der Waals surface area contributed by atoms with Crippen LogP contribution in [0, 0.1) is 0 Å². The van der Waals surface area contributed by atoms with Gasteiger partial charge < -0.3 is 20.1 Å². The molecule has 6 heteroatoms. The van der Waals surface area contributed by atoms with Gasteiger partial charge in [-0.3, -0.25) is 4.48 Å². The quantitative estimate of drug-likeness (QED) is 0.207. The van der Waals surface area contributed by atoms with Crippen LogP contribution in [0.25, 0.3) is 0 Å². The van der Waals surface area contributed by atoms with Crippen molar-refractivity contribution >= 4 is 5.97 Å². The van der Waals surface area contributed by atoms with Crippen LogP contribution in [0.5, 0.6) is 0 Å². The van der Waals surface area contributed by atoms with Crippen LogP contribution in [0.2, 0.25) is 0 Å². The lowest BCUT2D eigenvalue weighted by molar-refractivity contribution is -0.974. The van der Waals surface area contributed by atoms with E-state index in [2.05, 4.69) is 6.08 Å². The summed E-state index contributed by atoms with van der Waals surface area (Å²) in [5, 5.41) is 27.9. The molecular weight excluding hydrogens is 274 g/mol. The molecule has 0 aromatic rings. The monoisotopic (exact) mass is 304 g/mol. The Morgan fingerprint density at radius 1 is 1.19 bits per heavy atom. The van der Waals surface area contributed by atoms with Crippen LogP contribution in [0.15, 0.2) is 12.2 Å². The number of unbranched alkanes of at least 4 members (excludes halogenated alkanes) is 3. The highest BCUT2D eigenvalue weighted by Gasteiger charge is 2.37. The number of aliphatic hydroxyl groups excluding tert-OH is 2. The first kappa shape index (κ1) is 20.1. The summed E-state index contributed by atoms with van der Waals surface area (Å²) in [6.45, 7) is 3.87. The van der Waals surface area contributed by atoms with E-state index in [4.69, 9.17) is 9.84 Å². The average molecular weight is 304 g/mol. The summed E-state index contributed by atoms with van der Waals surface area (Å²) in [5.41, 5.74) is 0.